The zero-order valence-electron chi connectivity index (χ0n) is 12.7. The van der Waals surface area contributed by atoms with E-state index in [-0.39, 0.29) is 0 Å². The minimum atomic E-state index is -0.393. The van der Waals surface area contributed by atoms with Crippen molar-refractivity contribution in [1.82, 2.24) is 4.98 Å². The van der Waals surface area contributed by atoms with Crippen molar-refractivity contribution in [2.75, 3.05) is 18.0 Å². The summed E-state index contributed by atoms with van der Waals surface area (Å²) in [6, 6.07) is 0. The Morgan fingerprint density at radius 3 is 2.35 bits per heavy atom. The van der Waals surface area contributed by atoms with Crippen LogP contribution in [-0.2, 0) is 0 Å². The number of piperidine rings is 1. The molecule has 0 amide bonds. The van der Waals surface area contributed by atoms with Gasteiger partial charge in [-0.05, 0) is 44.9 Å². The summed E-state index contributed by atoms with van der Waals surface area (Å²) in [7, 11) is 0. The van der Waals surface area contributed by atoms with Gasteiger partial charge in [0.25, 0.3) is 0 Å². The number of rotatable bonds is 2. The van der Waals surface area contributed by atoms with Crippen LogP contribution in [0.3, 0.4) is 0 Å². The summed E-state index contributed by atoms with van der Waals surface area (Å²) in [6.45, 7) is 6.13. The van der Waals surface area contributed by atoms with Gasteiger partial charge < -0.3 is 10.0 Å². The maximum atomic E-state index is 9.77. The van der Waals surface area contributed by atoms with Crippen LogP contribution in [0.25, 0.3) is 0 Å². The maximum absolute atomic E-state index is 9.77. The second-order valence-electron chi connectivity index (χ2n) is 6.67. The third kappa shape index (κ3) is 2.73. The average molecular weight is 294 g/mol. The van der Waals surface area contributed by atoms with Crippen LogP contribution in [-0.4, -0.2) is 23.2 Å². The van der Waals surface area contributed by atoms with Gasteiger partial charge in [0.15, 0.2) is 5.13 Å². The smallest absolute Gasteiger partial charge is 0.185 e. The molecule has 112 valence electrons. The normalized spacial score (nSPS) is 24.1. The number of hydrogen-bond acceptors (Lipinski definition) is 4. The monoisotopic (exact) mass is 294 g/mol. The summed E-state index contributed by atoms with van der Waals surface area (Å²) < 4.78 is 0. The van der Waals surface area contributed by atoms with Crippen molar-refractivity contribution in [1.29, 1.82) is 0 Å². The molecule has 1 saturated heterocycles. The highest BCUT2D eigenvalue weighted by Crippen LogP contribution is 2.45. The molecule has 1 saturated carbocycles. The molecule has 0 bridgehead atoms. The van der Waals surface area contributed by atoms with Crippen molar-refractivity contribution in [2.45, 2.75) is 64.9 Å². The van der Waals surface area contributed by atoms with Crippen molar-refractivity contribution < 1.29 is 5.11 Å². The van der Waals surface area contributed by atoms with E-state index in [0.717, 1.165) is 28.8 Å². The predicted molar refractivity (Wildman–Crippen MR) is 84.4 cm³/mol. The highest BCUT2D eigenvalue weighted by atomic mass is 32.1. The first-order chi connectivity index (χ1) is 9.60. The van der Waals surface area contributed by atoms with Gasteiger partial charge in [0.1, 0.15) is 0 Å². The fourth-order valence-corrected chi connectivity index (χ4v) is 4.95. The molecule has 2 heterocycles. The van der Waals surface area contributed by atoms with Crippen LogP contribution in [0.4, 0.5) is 5.13 Å². The first-order valence-corrected chi connectivity index (χ1v) is 8.82. The minimum absolute atomic E-state index is 0.393. The molecule has 1 aliphatic carbocycles. The van der Waals surface area contributed by atoms with Gasteiger partial charge >= 0.3 is 0 Å². The number of aryl methyl sites for hydroxylation is 1. The van der Waals surface area contributed by atoms with E-state index in [0.29, 0.717) is 5.41 Å². The van der Waals surface area contributed by atoms with Crippen LogP contribution in [0.15, 0.2) is 0 Å². The van der Waals surface area contributed by atoms with E-state index in [1.54, 1.807) is 11.3 Å². The zero-order valence-corrected chi connectivity index (χ0v) is 13.5. The Labute approximate surface area is 126 Å². The first-order valence-electron chi connectivity index (χ1n) is 8.00. The van der Waals surface area contributed by atoms with Gasteiger partial charge in [0.05, 0.1) is 16.7 Å². The molecule has 1 aromatic heterocycles. The lowest BCUT2D eigenvalue weighted by Gasteiger charge is -2.44. The van der Waals surface area contributed by atoms with Gasteiger partial charge in [-0.2, -0.15) is 0 Å². The van der Waals surface area contributed by atoms with Crippen LogP contribution < -0.4 is 4.90 Å². The Bertz CT molecular complexity index is 453. The molecule has 2 fully saturated rings. The summed E-state index contributed by atoms with van der Waals surface area (Å²) in [5.74, 6) is 0. The molecule has 0 radical (unpaired) electrons. The molecular formula is C16H26N2OS. The van der Waals surface area contributed by atoms with Crippen molar-refractivity contribution >= 4 is 16.5 Å². The molecule has 3 rings (SSSR count). The van der Waals surface area contributed by atoms with Crippen molar-refractivity contribution in [3.05, 3.63) is 10.6 Å². The van der Waals surface area contributed by atoms with E-state index in [1.807, 2.05) is 13.8 Å². The Morgan fingerprint density at radius 1 is 1.15 bits per heavy atom. The van der Waals surface area contributed by atoms with Crippen LogP contribution in [0.2, 0.25) is 0 Å². The van der Waals surface area contributed by atoms with Crippen LogP contribution in [0.5, 0.6) is 0 Å². The fourth-order valence-electron chi connectivity index (χ4n) is 3.89. The number of thiazole rings is 1. The molecule has 1 spiro atoms. The number of anilines is 1. The van der Waals surface area contributed by atoms with E-state index in [9.17, 15) is 5.11 Å². The SMILES string of the molecule is Cc1nc(N2CCC3(CCCCC3)CC2)sc1C(C)O. The maximum Gasteiger partial charge on any atom is 0.185 e. The Morgan fingerprint density at radius 2 is 1.80 bits per heavy atom. The number of aliphatic hydroxyl groups excluding tert-OH is 1. The molecule has 1 N–H and O–H groups in total. The van der Waals surface area contributed by atoms with Gasteiger partial charge in [0, 0.05) is 13.1 Å². The Hall–Kier alpha value is -0.610. The summed E-state index contributed by atoms with van der Waals surface area (Å²) in [5.41, 5.74) is 1.65. The molecule has 2 aliphatic rings. The molecule has 1 atom stereocenters. The van der Waals surface area contributed by atoms with Gasteiger partial charge in [0.2, 0.25) is 0 Å². The fraction of sp³-hybridized carbons (Fsp3) is 0.812. The lowest BCUT2D eigenvalue weighted by atomic mass is 9.68. The quantitative estimate of drug-likeness (QED) is 0.893. The largest absolute Gasteiger partial charge is 0.388 e. The highest BCUT2D eigenvalue weighted by Gasteiger charge is 2.36. The molecule has 3 nitrogen and oxygen atoms in total. The molecule has 0 aromatic carbocycles. The lowest BCUT2D eigenvalue weighted by molar-refractivity contribution is 0.144. The Kier molecular flexibility index (Phi) is 4.04. The van der Waals surface area contributed by atoms with E-state index in [2.05, 4.69) is 9.88 Å². The predicted octanol–water partition coefficient (Wildman–Crippen LogP) is 4.06. The van der Waals surface area contributed by atoms with Crippen molar-refractivity contribution in [3.8, 4) is 0 Å². The molecule has 1 aromatic rings. The van der Waals surface area contributed by atoms with E-state index in [1.165, 1.54) is 44.9 Å². The topological polar surface area (TPSA) is 36.4 Å². The molecule has 4 heteroatoms. The number of hydrogen-bond donors (Lipinski definition) is 1. The zero-order chi connectivity index (χ0) is 14.2. The van der Waals surface area contributed by atoms with Gasteiger partial charge in [-0.1, -0.05) is 30.6 Å². The van der Waals surface area contributed by atoms with Gasteiger partial charge in [-0.25, -0.2) is 4.98 Å². The molecule has 1 aliphatic heterocycles. The average Bonchev–Trinajstić information content (AvgIpc) is 2.83. The van der Waals surface area contributed by atoms with E-state index < -0.39 is 6.10 Å². The van der Waals surface area contributed by atoms with Crippen LogP contribution >= 0.6 is 11.3 Å². The Balaban J connectivity index is 1.67. The summed E-state index contributed by atoms with van der Waals surface area (Å²) >= 11 is 1.67. The van der Waals surface area contributed by atoms with Gasteiger partial charge in [-0.3, -0.25) is 0 Å². The molecule has 20 heavy (non-hydrogen) atoms. The second-order valence-corrected chi connectivity index (χ2v) is 7.68. The number of aromatic nitrogens is 1. The standard InChI is InChI=1S/C16H26N2OS/c1-12-14(13(2)19)20-15(17-12)18-10-8-16(9-11-18)6-4-3-5-7-16/h13,19H,3-11H2,1-2H3. The lowest BCUT2D eigenvalue weighted by Crippen LogP contribution is -2.41. The van der Waals surface area contributed by atoms with Gasteiger partial charge in [-0.15, -0.1) is 0 Å². The van der Waals surface area contributed by atoms with E-state index >= 15 is 0 Å². The molecule has 1 unspecified atom stereocenters. The number of nitrogens with zero attached hydrogens (tertiary/aromatic N) is 2. The number of aliphatic hydroxyl groups is 1. The van der Waals surface area contributed by atoms with Crippen LogP contribution in [0, 0.1) is 12.3 Å². The second kappa shape index (κ2) is 5.64. The summed E-state index contributed by atoms with van der Waals surface area (Å²) in [6.07, 6.45) is 9.45. The third-order valence-corrected chi connectivity index (χ3v) is 6.60. The van der Waals surface area contributed by atoms with E-state index in [4.69, 9.17) is 0 Å². The minimum Gasteiger partial charge on any atom is -0.388 e. The summed E-state index contributed by atoms with van der Waals surface area (Å²) in [4.78, 5) is 8.13. The summed E-state index contributed by atoms with van der Waals surface area (Å²) in [5, 5.41) is 10.9. The van der Waals surface area contributed by atoms with Crippen LogP contribution in [0.1, 0.15) is 68.5 Å². The van der Waals surface area contributed by atoms with Crippen molar-refractivity contribution in [3.63, 3.8) is 0 Å². The first kappa shape index (κ1) is 14.3. The molecular weight excluding hydrogens is 268 g/mol. The third-order valence-electron chi connectivity index (χ3n) is 5.21. The highest BCUT2D eigenvalue weighted by molar-refractivity contribution is 7.15. The van der Waals surface area contributed by atoms with Crippen molar-refractivity contribution in [2.24, 2.45) is 5.41 Å².